The van der Waals surface area contributed by atoms with Crippen molar-refractivity contribution in [2.45, 2.75) is 33.6 Å². The molecule has 0 aromatic rings. The van der Waals surface area contributed by atoms with Gasteiger partial charge in [0.15, 0.2) is 0 Å². The molecule has 0 aliphatic rings. The number of carbonyl (C=O) groups is 1. The molecule has 0 radical (unpaired) electrons. The Kier molecular flexibility index (Phi) is 4.91. The van der Waals surface area contributed by atoms with Crippen LogP contribution >= 0.6 is 0 Å². The highest BCUT2D eigenvalue weighted by molar-refractivity contribution is 5.72. The average molecular weight is 140 g/mol. The topological polar surface area (TPSA) is 17.1 Å². The zero-order valence-electron chi connectivity index (χ0n) is 7.05. The van der Waals surface area contributed by atoms with Gasteiger partial charge in [-0.05, 0) is 24.3 Å². The van der Waals surface area contributed by atoms with Crippen molar-refractivity contribution < 1.29 is 4.79 Å². The third-order valence-corrected chi connectivity index (χ3v) is 1.26. The summed E-state index contributed by atoms with van der Waals surface area (Å²) in [5.74, 6) is 0.586. The van der Waals surface area contributed by atoms with Crippen LogP contribution in [0.25, 0.3) is 0 Å². The van der Waals surface area contributed by atoms with E-state index in [2.05, 4.69) is 13.8 Å². The van der Waals surface area contributed by atoms with Gasteiger partial charge < -0.3 is 0 Å². The van der Waals surface area contributed by atoms with E-state index in [1.165, 1.54) is 0 Å². The minimum absolute atomic E-state index is 0.586. The number of rotatable bonds is 4. The summed E-state index contributed by atoms with van der Waals surface area (Å²) in [4.78, 5) is 10.4. The third kappa shape index (κ3) is 4.30. The Hall–Kier alpha value is -0.590. The Bertz CT molecular complexity index is 123. The fraction of sp³-hybridized carbons (Fsp3) is 0.667. The van der Waals surface area contributed by atoms with Crippen molar-refractivity contribution in [1.82, 2.24) is 0 Å². The lowest BCUT2D eigenvalue weighted by Crippen LogP contribution is -1.92. The summed E-state index contributed by atoms with van der Waals surface area (Å²) in [6.45, 7) is 6.28. The molecule has 0 amide bonds. The highest BCUT2D eigenvalue weighted by Gasteiger charge is 1.97. The Balaban J connectivity index is 3.83. The first-order chi connectivity index (χ1) is 4.70. The molecule has 0 aromatic carbocycles. The standard InChI is InChI=1S/C9H16O/c1-4-5-9(7-10)6-8(2)3/h5,7-8H,4,6H2,1-3H3/b9-5+. The van der Waals surface area contributed by atoms with Crippen LogP contribution in [-0.2, 0) is 4.79 Å². The van der Waals surface area contributed by atoms with Crippen LogP contribution in [0.4, 0.5) is 0 Å². The van der Waals surface area contributed by atoms with Crippen LogP contribution in [0.3, 0.4) is 0 Å². The lowest BCUT2D eigenvalue weighted by Gasteiger charge is -2.01. The van der Waals surface area contributed by atoms with Crippen LogP contribution in [0.15, 0.2) is 11.6 Å². The summed E-state index contributed by atoms with van der Waals surface area (Å²) in [7, 11) is 0. The first-order valence-corrected chi connectivity index (χ1v) is 3.84. The summed E-state index contributed by atoms with van der Waals surface area (Å²) < 4.78 is 0. The highest BCUT2D eigenvalue weighted by atomic mass is 16.1. The van der Waals surface area contributed by atoms with Gasteiger partial charge in [-0.2, -0.15) is 0 Å². The summed E-state index contributed by atoms with van der Waals surface area (Å²) in [6, 6.07) is 0. The Morgan fingerprint density at radius 3 is 2.40 bits per heavy atom. The van der Waals surface area contributed by atoms with Gasteiger partial charge in [-0.1, -0.05) is 26.8 Å². The largest absolute Gasteiger partial charge is 0.298 e. The van der Waals surface area contributed by atoms with E-state index in [1.54, 1.807) is 0 Å². The fourth-order valence-corrected chi connectivity index (χ4v) is 0.913. The van der Waals surface area contributed by atoms with Gasteiger partial charge in [-0.15, -0.1) is 0 Å². The molecule has 0 N–H and O–H groups in total. The molecule has 0 saturated heterocycles. The van der Waals surface area contributed by atoms with Crippen LogP contribution < -0.4 is 0 Å². The molecule has 1 heteroatoms. The number of hydrogen-bond acceptors (Lipinski definition) is 1. The van der Waals surface area contributed by atoms with Crippen molar-refractivity contribution in [1.29, 1.82) is 0 Å². The van der Waals surface area contributed by atoms with Crippen molar-refractivity contribution in [2.75, 3.05) is 0 Å². The maximum atomic E-state index is 10.4. The van der Waals surface area contributed by atoms with Crippen LogP contribution in [0.5, 0.6) is 0 Å². The van der Waals surface area contributed by atoms with Gasteiger partial charge in [-0.25, -0.2) is 0 Å². The zero-order valence-corrected chi connectivity index (χ0v) is 7.05. The average Bonchev–Trinajstić information content (AvgIpc) is 1.86. The van der Waals surface area contributed by atoms with Gasteiger partial charge in [0.1, 0.15) is 6.29 Å². The van der Waals surface area contributed by atoms with Crippen LogP contribution in [-0.4, -0.2) is 6.29 Å². The highest BCUT2D eigenvalue weighted by Crippen LogP contribution is 2.08. The van der Waals surface area contributed by atoms with Gasteiger partial charge in [0, 0.05) is 0 Å². The maximum absolute atomic E-state index is 10.4. The molecule has 0 aliphatic heterocycles. The number of carbonyl (C=O) groups excluding carboxylic acids is 1. The molecule has 58 valence electrons. The van der Waals surface area contributed by atoms with Crippen LogP contribution in [0, 0.1) is 5.92 Å². The first kappa shape index (κ1) is 9.41. The molecule has 0 fully saturated rings. The molecule has 0 aliphatic carbocycles. The quantitative estimate of drug-likeness (QED) is 0.433. The molecule has 0 aromatic heterocycles. The maximum Gasteiger partial charge on any atom is 0.145 e. The Labute approximate surface area is 63.1 Å². The van der Waals surface area contributed by atoms with Gasteiger partial charge in [0.05, 0.1) is 0 Å². The van der Waals surface area contributed by atoms with Gasteiger partial charge in [0.2, 0.25) is 0 Å². The predicted molar refractivity (Wildman–Crippen MR) is 43.9 cm³/mol. The molecule has 1 nitrogen and oxygen atoms in total. The summed E-state index contributed by atoms with van der Waals surface area (Å²) in [5, 5.41) is 0. The summed E-state index contributed by atoms with van der Waals surface area (Å²) in [6.07, 6.45) is 4.83. The number of aldehydes is 1. The lowest BCUT2D eigenvalue weighted by atomic mass is 10.0. The molecule has 10 heavy (non-hydrogen) atoms. The minimum atomic E-state index is 0.586. The molecule has 0 saturated carbocycles. The normalized spacial score (nSPS) is 12.2. The monoisotopic (exact) mass is 140 g/mol. The Morgan fingerprint density at radius 2 is 2.10 bits per heavy atom. The molecule has 0 bridgehead atoms. The molecular formula is C9H16O. The second kappa shape index (κ2) is 5.21. The lowest BCUT2D eigenvalue weighted by molar-refractivity contribution is -0.105. The molecule has 0 heterocycles. The SMILES string of the molecule is CC/C=C(/C=O)CC(C)C. The first-order valence-electron chi connectivity index (χ1n) is 3.84. The second-order valence-corrected chi connectivity index (χ2v) is 2.90. The molecular weight excluding hydrogens is 124 g/mol. The molecule has 0 spiro atoms. The zero-order chi connectivity index (χ0) is 7.98. The van der Waals surface area contributed by atoms with Gasteiger partial charge in [-0.3, -0.25) is 4.79 Å². The second-order valence-electron chi connectivity index (χ2n) is 2.90. The van der Waals surface area contributed by atoms with Crippen molar-refractivity contribution in [3.63, 3.8) is 0 Å². The van der Waals surface area contributed by atoms with Crippen LogP contribution in [0.2, 0.25) is 0 Å². The van der Waals surface area contributed by atoms with Gasteiger partial charge in [0.25, 0.3) is 0 Å². The van der Waals surface area contributed by atoms with E-state index in [-0.39, 0.29) is 0 Å². The Morgan fingerprint density at radius 1 is 1.50 bits per heavy atom. The van der Waals surface area contributed by atoms with E-state index in [1.807, 2.05) is 13.0 Å². The van der Waals surface area contributed by atoms with E-state index >= 15 is 0 Å². The van der Waals surface area contributed by atoms with Crippen molar-refractivity contribution in [3.8, 4) is 0 Å². The number of allylic oxidation sites excluding steroid dienone is 2. The van der Waals surface area contributed by atoms with Crippen LogP contribution in [0.1, 0.15) is 33.6 Å². The smallest absolute Gasteiger partial charge is 0.145 e. The predicted octanol–water partition coefficient (Wildman–Crippen LogP) is 2.57. The molecule has 0 rings (SSSR count). The van der Waals surface area contributed by atoms with Crippen molar-refractivity contribution >= 4 is 6.29 Å². The van der Waals surface area contributed by atoms with Crippen molar-refractivity contribution in [3.05, 3.63) is 11.6 Å². The van der Waals surface area contributed by atoms with E-state index in [0.717, 1.165) is 24.7 Å². The van der Waals surface area contributed by atoms with E-state index in [9.17, 15) is 4.79 Å². The van der Waals surface area contributed by atoms with E-state index in [0.29, 0.717) is 5.92 Å². The van der Waals surface area contributed by atoms with E-state index in [4.69, 9.17) is 0 Å². The van der Waals surface area contributed by atoms with E-state index < -0.39 is 0 Å². The fourth-order valence-electron chi connectivity index (χ4n) is 0.913. The third-order valence-electron chi connectivity index (χ3n) is 1.26. The molecule has 0 unspecified atom stereocenters. The van der Waals surface area contributed by atoms with Crippen molar-refractivity contribution in [2.24, 2.45) is 5.92 Å². The summed E-state index contributed by atoms with van der Waals surface area (Å²) >= 11 is 0. The molecule has 0 atom stereocenters. The summed E-state index contributed by atoms with van der Waals surface area (Å²) in [5.41, 5.74) is 0.942. The minimum Gasteiger partial charge on any atom is -0.298 e. The number of hydrogen-bond donors (Lipinski definition) is 0. The van der Waals surface area contributed by atoms with Gasteiger partial charge >= 0.3 is 0 Å².